The lowest BCUT2D eigenvalue weighted by atomic mass is 10.0. The Kier molecular flexibility index (Phi) is 20.1. The number of nitrogens with two attached hydrogens (primary N) is 1. The van der Waals surface area contributed by atoms with Crippen molar-refractivity contribution in [1.29, 1.82) is 0 Å². The third kappa shape index (κ3) is 16.8. The number of sulfonamides is 1. The van der Waals surface area contributed by atoms with Crippen LogP contribution in [-0.4, -0.2) is 124 Å². The first-order chi connectivity index (χ1) is 32.0. The van der Waals surface area contributed by atoms with Crippen LogP contribution in [0.2, 0.25) is 0 Å². The van der Waals surface area contributed by atoms with Gasteiger partial charge in [-0.25, -0.2) is 12.8 Å². The predicted molar refractivity (Wildman–Crippen MR) is 245 cm³/mol. The minimum Gasteiger partial charge on any atom is -0.481 e. The lowest BCUT2D eigenvalue weighted by molar-refractivity contribution is -0.140. The van der Waals surface area contributed by atoms with Crippen LogP contribution < -0.4 is 37.0 Å². The number of carbonyl (C=O) groups is 8. The van der Waals surface area contributed by atoms with E-state index in [-0.39, 0.29) is 34.2 Å². The number of halogens is 3. The molecule has 4 rings (SSSR count). The number of benzene rings is 3. The van der Waals surface area contributed by atoms with Crippen molar-refractivity contribution in [1.82, 2.24) is 36.3 Å². The first-order valence-electron chi connectivity index (χ1n) is 20.4. The summed E-state index contributed by atoms with van der Waals surface area (Å²) in [7, 11) is -4.58. The first kappa shape index (κ1) is 54.3. The minimum atomic E-state index is -4.58. The number of nitrogens with one attached hydrogen (secondary N) is 7. The number of para-hydroxylation sites is 1. The monoisotopic (exact) mass is 1100 g/mol. The summed E-state index contributed by atoms with van der Waals surface area (Å²) in [5, 5.41) is 51.8. The number of hydrogen-bond acceptors (Lipinski definition) is 12. The van der Waals surface area contributed by atoms with E-state index in [4.69, 9.17) is 10.8 Å². The Morgan fingerprint density at radius 1 is 0.721 bits per heavy atom. The van der Waals surface area contributed by atoms with Gasteiger partial charge in [-0.3, -0.25) is 43.7 Å². The van der Waals surface area contributed by atoms with Crippen LogP contribution in [0.4, 0.5) is 4.39 Å². The SMILES string of the molecule is NC(=O)C(CCC(=O)O)NC(=O)C(Cc1c[nH]c2ccccc12)NC(=O)C(Cc1cccc(F)c1)NC(=O)CNC(O)C(CCC(=O)O)NC(=O)C(CC(=O)O)NS(=O)(=O)c1ccc(Br)cc1Br. The number of carboxylic acids is 3. The van der Waals surface area contributed by atoms with E-state index in [0.717, 1.165) is 12.1 Å². The van der Waals surface area contributed by atoms with Crippen LogP contribution in [0, 0.1) is 5.82 Å². The van der Waals surface area contributed by atoms with Gasteiger partial charge in [-0.1, -0.05) is 46.3 Å². The molecule has 0 aliphatic heterocycles. The van der Waals surface area contributed by atoms with Gasteiger partial charge in [0.15, 0.2) is 0 Å². The Morgan fingerprint density at radius 3 is 1.99 bits per heavy atom. The fourth-order valence-corrected chi connectivity index (χ4v) is 9.64. The third-order valence-electron chi connectivity index (χ3n) is 10.0. The number of aromatic nitrogens is 1. The maximum absolute atomic E-state index is 14.3. The standard InChI is InChI=1S/C42H47Br2FN8O14S/c43-23-8-11-33(26(44)17-23)68(66,67)53-32(18-37(59)60)42(65)51-29(10-13-36(57)58)39(62)48-20-34(54)49-30(15-21-4-3-5-24(45)14-21)40(63)52-31(16-22-19-47-27-7-2-1-6-25(22)27)41(64)50-28(38(46)61)9-12-35(55)56/h1-8,11,14,17,19,28-32,39,47-48,53,62H,9-10,12-13,15-16,18,20H2,(H2,46,61)(H,49,54)(H,50,64)(H,51,65)(H,52,63)(H,55,56)(H,57,58)(H,59,60). The topological polar surface area (TPSA) is 366 Å². The molecule has 3 aromatic carbocycles. The number of rotatable bonds is 27. The predicted octanol–water partition coefficient (Wildman–Crippen LogP) is 0.501. The number of aliphatic hydroxyl groups excluding tert-OH is 1. The van der Waals surface area contributed by atoms with Crippen molar-refractivity contribution in [2.75, 3.05) is 6.54 Å². The highest BCUT2D eigenvalue weighted by molar-refractivity contribution is 9.11. The van der Waals surface area contributed by atoms with Gasteiger partial charge in [0.25, 0.3) is 0 Å². The number of hydrogen-bond donors (Lipinski definition) is 12. The molecule has 0 saturated heterocycles. The summed E-state index contributed by atoms with van der Waals surface area (Å²) in [6.07, 6.45) is -4.19. The maximum Gasteiger partial charge on any atom is 0.305 e. The number of carboxylic acid groups (broad SMARTS) is 3. The second-order valence-electron chi connectivity index (χ2n) is 15.2. The average Bonchev–Trinajstić information content (AvgIpc) is 3.66. The van der Waals surface area contributed by atoms with Crippen molar-refractivity contribution >= 4 is 100 Å². The summed E-state index contributed by atoms with van der Waals surface area (Å²) in [6, 6.07) is 7.76. The number of aliphatic hydroxyl groups is 1. The normalized spacial score (nSPS) is 14.1. The maximum atomic E-state index is 14.3. The number of fused-ring (bicyclic) bond motifs is 1. The van der Waals surface area contributed by atoms with Crippen LogP contribution in [-0.2, 0) is 61.2 Å². The van der Waals surface area contributed by atoms with Crippen LogP contribution in [0.5, 0.6) is 0 Å². The molecule has 1 aromatic heterocycles. The zero-order valence-corrected chi connectivity index (χ0v) is 39.5. The summed E-state index contributed by atoms with van der Waals surface area (Å²) in [5.41, 5.74) is 6.86. The second-order valence-corrected chi connectivity index (χ2v) is 18.6. The van der Waals surface area contributed by atoms with Crippen molar-refractivity contribution in [3.63, 3.8) is 0 Å². The molecule has 0 fully saturated rings. The van der Waals surface area contributed by atoms with Gasteiger partial charge in [-0.05, 0) is 76.3 Å². The van der Waals surface area contributed by atoms with E-state index < -0.39 is 132 Å². The molecular weight excluding hydrogens is 1050 g/mol. The number of H-pyrrole nitrogens is 1. The van der Waals surface area contributed by atoms with Gasteiger partial charge in [0.1, 0.15) is 36.2 Å². The van der Waals surface area contributed by atoms with Gasteiger partial charge < -0.3 is 52.4 Å². The first-order valence-corrected chi connectivity index (χ1v) is 23.4. The molecule has 22 nitrogen and oxygen atoms in total. The van der Waals surface area contributed by atoms with Crippen molar-refractivity contribution in [3.05, 3.63) is 98.8 Å². The van der Waals surface area contributed by atoms with E-state index in [2.05, 4.69) is 63.4 Å². The van der Waals surface area contributed by atoms with E-state index in [9.17, 15) is 66.5 Å². The summed E-state index contributed by atoms with van der Waals surface area (Å²) >= 11 is 6.28. The highest BCUT2D eigenvalue weighted by Gasteiger charge is 2.34. The van der Waals surface area contributed by atoms with Crippen LogP contribution >= 0.6 is 31.9 Å². The Balaban J connectivity index is 1.56. The molecule has 366 valence electrons. The Hall–Kier alpha value is -6.32. The summed E-state index contributed by atoms with van der Waals surface area (Å²) < 4.78 is 43.4. The van der Waals surface area contributed by atoms with E-state index >= 15 is 0 Å². The zero-order chi connectivity index (χ0) is 50.3. The van der Waals surface area contributed by atoms with Crippen molar-refractivity contribution < 1.29 is 71.6 Å². The fraction of sp³-hybridized carbons (Fsp3) is 0.333. The van der Waals surface area contributed by atoms with Crippen LogP contribution in [0.15, 0.2) is 86.8 Å². The average molecular weight is 1100 g/mol. The fourth-order valence-electron chi connectivity index (χ4n) is 6.70. The number of primary amides is 1. The molecule has 0 spiro atoms. The molecule has 26 heteroatoms. The molecule has 68 heavy (non-hydrogen) atoms. The van der Waals surface area contributed by atoms with Gasteiger partial charge in [0.2, 0.25) is 39.6 Å². The summed E-state index contributed by atoms with van der Waals surface area (Å²) in [5.74, 6) is -10.3. The van der Waals surface area contributed by atoms with Crippen LogP contribution in [0.25, 0.3) is 10.9 Å². The molecule has 0 bridgehead atoms. The third-order valence-corrected chi connectivity index (χ3v) is 13.0. The summed E-state index contributed by atoms with van der Waals surface area (Å²) in [6.45, 7) is -0.848. The second kappa shape index (κ2) is 25.2. The van der Waals surface area contributed by atoms with Gasteiger partial charge in [-0.15, -0.1) is 0 Å². The molecular formula is C42H47Br2FN8O14S. The zero-order valence-electron chi connectivity index (χ0n) is 35.5. The minimum absolute atomic E-state index is 0.0563. The largest absolute Gasteiger partial charge is 0.481 e. The van der Waals surface area contributed by atoms with E-state index in [0.29, 0.717) is 20.9 Å². The van der Waals surface area contributed by atoms with Crippen molar-refractivity contribution in [2.24, 2.45) is 5.73 Å². The number of amides is 5. The molecule has 5 amide bonds. The van der Waals surface area contributed by atoms with Crippen LogP contribution in [0.1, 0.15) is 43.2 Å². The quantitative estimate of drug-likeness (QED) is 0.0362. The van der Waals surface area contributed by atoms with Crippen molar-refractivity contribution in [3.8, 4) is 0 Å². The number of aromatic amines is 1. The van der Waals surface area contributed by atoms with E-state index in [1.807, 2.05) is 4.72 Å². The molecule has 6 unspecified atom stereocenters. The molecule has 6 atom stereocenters. The Bertz CT molecular complexity index is 2640. The highest BCUT2D eigenvalue weighted by atomic mass is 79.9. The molecule has 0 aliphatic carbocycles. The number of carbonyl (C=O) groups excluding carboxylic acids is 5. The lowest BCUT2D eigenvalue weighted by Gasteiger charge is -2.27. The highest BCUT2D eigenvalue weighted by Crippen LogP contribution is 2.26. The molecule has 4 aromatic rings. The van der Waals surface area contributed by atoms with Gasteiger partial charge in [0, 0.05) is 51.7 Å². The molecule has 0 radical (unpaired) electrons. The van der Waals surface area contributed by atoms with Gasteiger partial charge in [-0.2, -0.15) is 4.72 Å². The van der Waals surface area contributed by atoms with E-state index in [1.165, 1.54) is 30.3 Å². The van der Waals surface area contributed by atoms with E-state index in [1.54, 1.807) is 30.5 Å². The van der Waals surface area contributed by atoms with Gasteiger partial charge >= 0.3 is 17.9 Å². The van der Waals surface area contributed by atoms with Crippen molar-refractivity contribution in [2.45, 2.75) is 86.3 Å². The smallest absolute Gasteiger partial charge is 0.305 e. The lowest BCUT2D eigenvalue weighted by Crippen LogP contribution is -2.59. The molecule has 0 saturated carbocycles. The summed E-state index contributed by atoms with van der Waals surface area (Å²) in [4.78, 5) is 104. The van der Waals surface area contributed by atoms with Gasteiger partial charge in [0.05, 0.1) is 23.9 Å². The van der Waals surface area contributed by atoms with Crippen LogP contribution in [0.3, 0.4) is 0 Å². The molecule has 13 N–H and O–H groups in total. The molecule has 0 aliphatic rings. The Morgan fingerprint density at radius 2 is 1.35 bits per heavy atom. The molecule has 1 heterocycles. The Labute approximate surface area is 403 Å². The number of aliphatic carboxylic acids is 3.